The van der Waals surface area contributed by atoms with Gasteiger partial charge in [0.2, 0.25) is 0 Å². The summed E-state index contributed by atoms with van der Waals surface area (Å²) in [6, 6.07) is 6.21. The molecule has 2 rings (SSSR count). The van der Waals surface area contributed by atoms with Gasteiger partial charge in [-0.25, -0.2) is 0 Å². The van der Waals surface area contributed by atoms with Crippen molar-refractivity contribution in [3.05, 3.63) is 23.8 Å². The van der Waals surface area contributed by atoms with Crippen LogP contribution in [-0.2, 0) is 11.2 Å². The Morgan fingerprint density at radius 2 is 2.19 bits per heavy atom. The molecule has 0 saturated heterocycles. The van der Waals surface area contributed by atoms with Crippen LogP contribution in [0, 0.1) is 0 Å². The lowest BCUT2D eigenvalue weighted by molar-refractivity contribution is -0.123. The molecular formula is C16H24N2O3. The summed E-state index contributed by atoms with van der Waals surface area (Å²) in [6.07, 6.45) is 3.88. The third-order valence-electron chi connectivity index (χ3n) is 3.55. The summed E-state index contributed by atoms with van der Waals surface area (Å²) >= 11 is 0. The molecule has 1 aromatic rings. The van der Waals surface area contributed by atoms with Gasteiger partial charge >= 0.3 is 0 Å². The Morgan fingerprint density at radius 3 is 2.81 bits per heavy atom. The zero-order chi connectivity index (χ0) is 15.2. The van der Waals surface area contributed by atoms with E-state index in [2.05, 4.69) is 12.2 Å². The van der Waals surface area contributed by atoms with E-state index >= 15 is 0 Å². The average molecular weight is 292 g/mol. The molecule has 5 nitrogen and oxygen atoms in total. The third-order valence-corrected chi connectivity index (χ3v) is 3.55. The zero-order valence-corrected chi connectivity index (χ0v) is 12.7. The molecule has 0 radical (unpaired) electrons. The van der Waals surface area contributed by atoms with E-state index in [0.29, 0.717) is 17.5 Å². The molecule has 1 aliphatic rings. The largest absolute Gasteiger partial charge is 0.493 e. The number of amides is 1. The van der Waals surface area contributed by atoms with Gasteiger partial charge in [0.25, 0.3) is 5.91 Å². The molecule has 21 heavy (non-hydrogen) atoms. The standard InChI is InChI=1S/C16H24N2O3/c1-3-12(17)8-11-4-7-14(15(9-11)20-2)21-10-16(19)18-13-5-6-13/h4,7,9,12-13H,3,5-6,8,10,17H2,1-2H3,(H,18,19). The number of hydrogen-bond donors (Lipinski definition) is 2. The maximum absolute atomic E-state index is 11.6. The van der Waals surface area contributed by atoms with Crippen LogP contribution >= 0.6 is 0 Å². The van der Waals surface area contributed by atoms with Gasteiger partial charge in [0, 0.05) is 12.1 Å². The van der Waals surface area contributed by atoms with E-state index in [1.54, 1.807) is 7.11 Å². The van der Waals surface area contributed by atoms with Gasteiger partial charge in [0.1, 0.15) is 0 Å². The van der Waals surface area contributed by atoms with E-state index in [9.17, 15) is 4.79 Å². The summed E-state index contributed by atoms with van der Waals surface area (Å²) in [7, 11) is 1.59. The summed E-state index contributed by atoms with van der Waals surface area (Å²) in [5.74, 6) is 1.13. The predicted octanol–water partition coefficient (Wildman–Crippen LogP) is 1.63. The van der Waals surface area contributed by atoms with Crippen molar-refractivity contribution < 1.29 is 14.3 Å². The molecule has 1 aliphatic carbocycles. The lowest BCUT2D eigenvalue weighted by atomic mass is 10.0. The average Bonchev–Trinajstić information content (AvgIpc) is 3.29. The first-order chi connectivity index (χ1) is 10.1. The predicted molar refractivity (Wildman–Crippen MR) is 81.6 cm³/mol. The number of hydrogen-bond acceptors (Lipinski definition) is 4. The maximum atomic E-state index is 11.6. The molecule has 0 aromatic heterocycles. The molecule has 5 heteroatoms. The molecule has 0 aliphatic heterocycles. The quantitative estimate of drug-likeness (QED) is 0.764. The number of methoxy groups -OCH3 is 1. The van der Waals surface area contributed by atoms with Gasteiger partial charge in [-0.3, -0.25) is 4.79 Å². The Hall–Kier alpha value is -1.75. The van der Waals surface area contributed by atoms with Crippen LogP contribution in [0.5, 0.6) is 11.5 Å². The minimum absolute atomic E-state index is 0.0146. The lowest BCUT2D eigenvalue weighted by Crippen LogP contribution is -2.30. The van der Waals surface area contributed by atoms with Crippen LogP contribution in [0.15, 0.2) is 18.2 Å². The highest BCUT2D eigenvalue weighted by molar-refractivity contribution is 5.78. The van der Waals surface area contributed by atoms with Crippen LogP contribution in [0.4, 0.5) is 0 Å². The van der Waals surface area contributed by atoms with Gasteiger partial charge in [-0.15, -0.1) is 0 Å². The number of benzene rings is 1. The maximum Gasteiger partial charge on any atom is 0.258 e. The highest BCUT2D eigenvalue weighted by Crippen LogP contribution is 2.28. The number of carbonyl (C=O) groups excluding carboxylic acids is 1. The Bertz CT molecular complexity index is 486. The number of rotatable bonds is 8. The summed E-state index contributed by atoms with van der Waals surface area (Å²) in [5, 5.41) is 2.89. The van der Waals surface area contributed by atoms with E-state index < -0.39 is 0 Å². The van der Waals surface area contributed by atoms with Crippen molar-refractivity contribution >= 4 is 5.91 Å². The second-order valence-corrected chi connectivity index (χ2v) is 5.49. The first-order valence-electron chi connectivity index (χ1n) is 7.47. The Morgan fingerprint density at radius 1 is 1.43 bits per heavy atom. The number of nitrogens with two attached hydrogens (primary N) is 1. The zero-order valence-electron chi connectivity index (χ0n) is 12.7. The first-order valence-corrected chi connectivity index (χ1v) is 7.47. The van der Waals surface area contributed by atoms with Gasteiger partial charge in [0.05, 0.1) is 7.11 Å². The van der Waals surface area contributed by atoms with Crippen molar-refractivity contribution in [1.82, 2.24) is 5.32 Å². The minimum atomic E-state index is -0.0864. The van der Waals surface area contributed by atoms with E-state index in [-0.39, 0.29) is 18.6 Å². The molecule has 1 amide bonds. The molecule has 116 valence electrons. The molecule has 3 N–H and O–H groups in total. The fourth-order valence-electron chi connectivity index (χ4n) is 2.05. The Kier molecular flexibility index (Phi) is 5.44. The highest BCUT2D eigenvalue weighted by atomic mass is 16.5. The van der Waals surface area contributed by atoms with Crippen LogP contribution in [0.1, 0.15) is 31.7 Å². The molecule has 1 unspecified atom stereocenters. The van der Waals surface area contributed by atoms with Crippen molar-refractivity contribution in [2.24, 2.45) is 5.73 Å². The van der Waals surface area contributed by atoms with Gasteiger partial charge in [-0.05, 0) is 43.4 Å². The summed E-state index contributed by atoms with van der Waals surface area (Å²) in [4.78, 5) is 11.6. The lowest BCUT2D eigenvalue weighted by Gasteiger charge is -2.14. The van der Waals surface area contributed by atoms with E-state index in [1.165, 1.54) is 0 Å². The summed E-state index contributed by atoms with van der Waals surface area (Å²) in [5.41, 5.74) is 7.07. The van der Waals surface area contributed by atoms with Crippen molar-refractivity contribution in [1.29, 1.82) is 0 Å². The highest BCUT2D eigenvalue weighted by Gasteiger charge is 2.23. The van der Waals surface area contributed by atoms with E-state index in [1.807, 2.05) is 18.2 Å². The number of carbonyl (C=O) groups is 1. The van der Waals surface area contributed by atoms with Crippen molar-refractivity contribution in [3.8, 4) is 11.5 Å². The monoisotopic (exact) mass is 292 g/mol. The van der Waals surface area contributed by atoms with Crippen molar-refractivity contribution in [3.63, 3.8) is 0 Å². The Balaban J connectivity index is 1.93. The molecule has 1 aromatic carbocycles. The minimum Gasteiger partial charge on any atom is -0.493 e. The van der Waals surface area contributed by atoms with Gasteiger partial charge in [0.15, 0.2) is 18.1 Å². The van der Waals surface area contributed by atoms with E-state index in [4.69, 9.17) is 15.2 Å². The van der Waals surface area contributed by atoms with Gasteiger partial charge in [-0.1, -0.05) is 13.0 Å². The fraction of sp³-hybridized carbons (Fsp3) is 0.562. The number of ether oxygens (including phenoxy) is 2. The van der Waals surface area contributed by atoms with E-state index in [0.717, 1.165) is 31.2 Å². The SMILES string of the molecule is CCC(N)Cc1ccc(OCC(=O)NC2CC2)c(OC)c1. The molecule has 0 bridgehead atoms. The molecule has 0 heterocycles. The second-order valence-electron chi connectivity index (χ2n) is 5.49. The van der Waals surface area contributed by atoms with Crippen LogP contribution in [0.25, 0.3) is 0 Å². The molecule has 1 fully saturated rings. The Labute approximate surface area is 125 Å². The van der Waals surface area contributed by atoms with Crippen LogP contribution in [0.2, 0.25) is 0 Å². The van der Waals surface area contributed by atoms with Crippen LogP contribution in [-0.4, -0.2) is 31.7 Å². The smallest absolute Gasteiger partial charge is 0.258 e. The molecule has 0 spiro atoms. The second kappa shape index (κ2) is 7.31. The van der Waals surface area contributed by atoms with Gasteiger partial charge in [-0.2, -0.15) is 0 Å². The summed E-state index contributed by atoms with van der Waals surface area (Å²) < 4.78 is 10.9. The molecule has 1 saturated carbocycles. The van der Waals surface area contributed by atoms with Crippen LogP contribution in [0.3, 0.4) is 0 Å². The topological polar surface area (TPSA) is 73.6 Å². The first kappa shape index (κ1) is 15.6. The third kappa shape index (κ3) is 4.93. The van der Waals surface area contributed by atoms with Gasteiger partial charge < -0.3 is 20.5 Å². The molecule has 1 atom stereocenters. The fourth-order valence-corrected chi connectivity index (χ4v) is 2.05. The van der Waals surface area contributed by atoms with Crippen molar-refractivity contribution in [2.75, 3.05) is 13.7 Å². The normalized spacial score (nSPS) is 15.4. The number of nitrogens with one attached hydrogen (secondary N) is 1. The van der Waals surface area contributed by atoms with Crippen molar-refractivity contribution in [2.45, 2.75) is 44.7 Å². The van der Waals surface area contributed by atoms with Crippen LogP contribution < -0.4 is 20.5 Å². The molecular weight excluding hydrogens is 268 g/mol. The summed E-state index contributed by atoms with van der Waals surface area (Å²) in [6.45, 7) is 2.08.